The first-order valence-electron chi connectivity index (χ1n) is 8.68. The second kappa shape index (κ2) is 8.53. The third-order valence-corrected chi connectivity index (χ3v) is 4.29. The molecule has 5 heteroatoms. The van der Waals surface area contributed by atoms with E-state index in [1.54, 1.807) is 0 Å². The van der Waals surface area contributed by atoms with Crippen LogP contribution in [0.15, 0.2) is 54.6 Å². The molecule has 2 aromatic carbocycles. The second-order valence-electron chi connectivity index (χ2n) is 6.44. The van der Waals surface area contributed by atoms with Gasteiger partial charge in [-0.15, -0.1) is 0 Å². The number of fused-ring (bicyclic) bond motifs is 1. The summed E-state index contributed by atoms with van der Waals surface area (Å²) in [5, 5.41) is 5.91. The molecule has 0 aromatic heterocycles. The number of urea groups is 1. The van der Waals surface area contributed by atoms with Crippen molar-refractivity contribution in [1.29, 1.82) is 0 Å². The van der Waals surface area contributed by atoms with Crippen molar-refractivity contribution in [2.75, 3.05) is 26.7 Å². The standard InChI is InChI=1S/C20H25N3O2/c1-23(14-16-7-3-2-4-8-16)12-11-21-20(24)22-18-13-17-9-5-6-10-19(17)25-15-18/h2-10,18H,11-15H2,1H3,(H2,21,22,24). The Balaban J connectivity index is 1.36. The van der Waals surface area contributed by atoms with E-state index in [4.69, 9.17) is 4.74 Å². The minimum absolute atomic E-state index is 0.0111. The molecule has 2 aromatic rings. The van der Waals surface area contributed by atoms with Crippen LogP contribution in [-0.4, -0.2) is 43.7 Å². The number of benzene rings is 2. The minimum atomic E-state index is -0.138. The zero-order chi connectivity index (χ0) is 17.5. The maximum absolute atomic E-state index is 12.1. The first-order chi connectivity index (χ1) is 12.2. The molecule has 0 spiro atoms. The Kier molecular flexibility index (Phi) is 5.90. The molecule has 0 saturated heterocycles. The lowest BCUT2D eigenvalue weighted by Crippen LogP contribution is -2.48. The lowest BCUT2D eigenvalue weighted by Gasteiger charge is -2.26. The molecule has 25 heavy (non-hydrogen) atoms. The number of amides is 2. The Labute approximate surface area is 149 Å². The fraction of sp³-hybridized carbons (Fsp3) is 0.350. The molecule has 2 N–H and O–H groups in total. The molecule has 1 heterocycles. The summed E-state index contributed by atoms with van der Waals surface area (Å²) >= 11 is 0. The number of hydrogen-bond acceptors (Lipinski definition) is 3. The summed E-state index contributed by atoms with van der Waals surface area (Å²) in [4.78, 5) is 14.3. The molecule has 1 unspecified atom stereocenters. The summed E-state index contributed by atoms with van der Waals surface area (Å²) in [7, 11) is 2.05. The van der Waals surface area contributed by atoms with Crippen molar-refractivity contribution in [3.05, 3.63) is 65.7 Å². The summed E-state index contributed by atoms with van der Waals surface area (Å²) < 4.78 is 5.70. The van der Waals surface area contributed by atoms with E-state index in [0.717, 1.165) is 30.8 Å². The third kappa shape index (κ3) is 5.22. The van der Waals surface area contributed by atoms with Crippen molar-refractivity contribution in [2.24, 2.45) is 0 Å². The monoisotopic (exact) mass is 339 g/mol. The Morgan fingerprint density at radius 2 is 1.92 bits per heavy atom. The topological polar surface area (TPSA) is 53.6 Å². The van der Waals surface area contributed by atoms with Crippen molar-refractivity contribution in [3.8, 4) is 5.75 Å². The molecule has 132 valence electrons. The molecule has 2 amide bonds. The summed E-state index contributed by atoms with van der Waals surface area (Å²) in [5.74, 6) is 0.920. The number of likely N-dealkylation sites (N-methyl/N-ethyl adjacent to an activating group) is 1. The summed E-state index contributed by atoms with van der Waals surface area (Å²) in [6.45, 7) is 2.79. The molecule has 1 aliphatic rings. The van der Waals surface area contributed by atoms with Crippen LogP contribution in [0.5, 0.6) is 5.75 Å². The van der Waals surface area contributed by atoms with Gasteiger partial charge < -0.3 is 20.3 Å². The summed E-state index contributed by atoms with van der Waals surface area (Å²) in [6.07, 6.45) is 0.803. The highest BCUT2D eigenvalue weighted by Crippen LogP contribution is 2.23. The highest BCUT2D eigenvalue weighted by Gasteiger charge is 2.20. The van der Waals surface area contributed by atoms with E-state index >= 15 is 0 Å². The summed E-state index contributed by atoms with van der Waals surface area (Å²) in [6, 6.07) is 18.2. The molecular formula is C20H25N3O2. The minimum Gasteiger partial charge on any atom is -0.491 e. The highest BCUT2D eigenvalue weighted by atomic mass is 16.5. The fourth-order valence-electron chi connectivity index (χ4n) is 2.99. The van der Waals surface area contributed by atoms with Gasteiger partial charge in [0.2, 0.25) is 0 Å². The molecule has 0 fully saturated rings. The SMILES string of the molecule is CN(CCNC(=O)NC1COc2ccccc2C1)Cc1ccccc1. The number of carbonyl (C=O) groups excluding carboxylic acids is 1. The highest BCUT2D eigenvalue weighted by molar-refractivity contribution is 5.74. The first kappa shape index (κ1) is 17.3. The van der Waals surface area contributed by atoms with E-state index < -0.39 is 0 Å². The molecule has 0 bridgehead atoms. The molecule has 1 aliphatic heterocycles. The largest absolute Gasteiger partial charge is 0.491 e. The van der Waals surface area contributed by atoms with E-state index in [1.807, 2.05) is 42.5 Å². The lowest BCUT2D eigenvalue weighted by molar-refractivity contribution is 0.213. The first-order valence-corrected chi connectivity index (χ1v) is 8.68. The van der Waals surface area contributed by atoms with Crippen LogP contribution in [-0.2, 0) is 13.0 Å². The van der Waals surface area contributed by atoms with Crippen molar-refractivity contribution >= 4 is 6.03 Å². The smallest absolute Gasteiger partial charge is 0.315 e. The average Bonchev–Trinajstić information content (AvgIpc) is 2.62. The summed E-state index contributed by atoms with van der Waals surface area (Å²) in [5.41, 5.74) is 2.41. The molecule has 1 atom stereocenters. The number of ether oxygens (including phenoxy) is 1. The van der Waals surface area contributed by atoms with Crippen LogP contribution >= 0.6 is 0 Å². The van der Waals surface area contributed by atoms with E-state index in [9.17, 15) is 4.79 Å². The van der Waals surface area contributed by atoms with Crippen LogP contribution in [0.4, 0.5) is 4.79 Å². The van der Waals surface area contributed by atoms with Gasteiger partial charge >= 0.3 is 6.03 Å². The lowest BCUT2D eigenvalue weighted by atomic mass is 10.0. The zero-order valence-corrected chi connectivity index (χ0v) is 14.6. The molecule has 5 nitrogen and oxygen atoms in total. The van der Waals surface area contributed by atoms with Crippen molar-refractivity contribution in [1.82, 2.24) is 15.5 Å². The third-order valence-electron chi connectivity index (χ3n) is 4.29. The predicted molar refractivity (Wildman–Crippen MR) is 98.7 cm³/mol. The van der Waals surface area contributed by atoms with Crippen molar-refractivity contribution in [2.45, 2.75) is 19.0 Å². The number of nitrogens with zero attached hydrogens (tertiary/aromatic N) is 1. The predicted octanol–water partition coefficient (Wildman–Crippen LogP) is 2.42. The second-order valence-corrected chi connectivity index (χ2v) is 6.44. The molecule has 3 rings (SSSR count). The van der Waals surface area contributed by atoms with Crippen LogP contribution in [0.2, 0.25) is 0 Å². The van der Waals surface area contributed by atoms with Crippen molar-refractivity contribution in [3.63, 3.8) is 0 Å². The van der Waals surface area contributed by atoms with Crippen LogP contribution < -0.4 is 15.4 Å². The van der Waals surface area contributed by atoms with Gasteiger partial charge in [0.25, 0.3) is 0 Å². The van der Waals surface area contributed by atoms with Gasteiger partial charge in [-0.05, 0) is 30.7 Å². The van der Waals surface area contributed by atoms with Crippen LogP contribution in [0.1, 0.15) is 11.1 Å². The van der Waals surface area contributed by atoms with Gasteiger partial charge in [0.1, 0.15) is 12.4 Å². The maximum Gasteiger partial charge on any atom is 0.315 e. The van der Waals surface area contributed by atoms with Gasteiger partial charge in [-0.2, -0.15) is 0 Å². The molecular weight excluding hydrogens is 314 g/mol. The van der Waals surface area contributed by atoms with E-state index in [0.29, 0.717) is 13.2 Å². The van der Waals surface area contributed by atoms with Crippen LogP contribution in [0.25, 0.3) is 0 Å². The van der Waals surface area contributed by atoms with E-state index in [-0.39, 0.29) is 12.1 Å². The van der Waals surface area contributed by atoms with Crippen LogP contribution in [0, 0.1) is 0 Å². The zero-order valence-electron chi connectivity index (χ0n) is 14.6. The molecule has 0 radical (unpaired) electrons. The quantitative estimate of drug-likeness (QED) is 0.850. The number of nitrogens with one attached hydrogen (secondary N) is 2. The number of hydrogen-bond donors (Lipinski definition) is 2. The number of carbonyl (C=O) groups is 1. The van der Waals surface area contributed by atoms with Gasteiger partial charge in [-0.25, -0.2) is 4.79 Å². The van der Waals surface area contributed by atoms with Gasteiger partial charge in [0, 0.05) is 19.6 Å². The van der Waals surface area contributed by atoms with E-state index in [2.05, 4.69) is 34.7 Å². The molecule has 0 saturated carbocycles. The Morgan fingerprint density at radius 3 is 2.76 bits per heavy atom. The van der Waals surface area contributed by atoms with Gasteiger partial charge in [0.15, 0.2) is 0 Å². The van der Waals surface area contributed by atoms with Crippen LogP contribution in [0.3, 0.4) is 0 Å². The molecule has 0 aliphatic carbocycles. The number of rotatable bonds is 6. The maximum atomic E-state index is 12.1. The van der Waals surface area contributed by atoms with Crippen molar-refractivity contribution < 1.29 is 9.53 Å². The Morgan fingerprint density at radius 1 is 1.16 bits per heavy atom. The van der Waals surface area contributed by atoms with Gasteiger partial charge in [-0.3, -0.25) is 0 Å². The normalized spacial score (nSPS) is 16.0. The Hall–Kier alpha value is -2.53. The van der Waals surface area contributed by atoms with Gasteiger partial charge in [0.05, 0.1) is 6.04 Å². The van der Waals surface area contributed by atoms with Gasteiger partial charge in [-0.1, -0.05) is 48.5 Å². The number of para-hydroxylation sites is 1. The van der Waals surface area contributed by atoms with E-state index in [1.165, 1.54) is 5.56 Å². The fourth-order valence-corrected chi connectivity index (χ4v) is 2.99. The average molecular weight is 339 g/mol. The Bertz CT molecular complexity index is 690.